The van der Waals surface area contributed by atoms with Gasteiger partial charge < -0.3 is 4.74 Å². The summed E-state index contributed by atoms with van der Waals surface area (Å²) in [5.74, 6) is 0. The van der Waals surface area contributed by atoms with Crippen LogP contribution in [0.2, 0.25) is 0 Å². The molecule has 0 aromatic heterocycles. The highest BCUT2D eigenvalue weighted by molar-refractivity contribution is 7.90. The number of ether oxygens (including phenoxy) is 1. The van der Waals surface area contributed by atoms with Crippen LogP contribution in [0.25, 0.3) is 0 Å². The summed E-state index contributed by atoms with van der Waals surface area (Å²) in [4.78, 5) is 0. The number of hydrogen-bond donors (Lipinski definition) is 0. The first-order valence-corrected chi connectivity index (χ1v) is 13.8. The molecule has 3 aromatic carbocycles. The molecule has 3 aromatic rings. The lowest BCUT2D eigenvalue weighted by Crippen LogP contribution is -2.37. The van der Waals surface area contributed by atoms with Crippen molar-refractivity contribution in [2.75, 3.05) is 40.4 Å². The third-order valence-electron chi connectivity index (χ3n) is 5.52. The lowest BCUT2D eigenvalue weighted by Gasteiger charge is -2.38. The smallest absolute Gasteiger partial charge is 0.328 e. The van der Waals surface area contributed by atoms with E-state index in [9.17, 15) is 4.57 Å². The number of rotatable bonds is 6. The summed E-state index contributed by atoms with van der Waals surface area (Å²) in [5.41, 5.74) is 0. The van der Waals surface area contributed by atoms with Crippen LogP contribution in [0.3, 0.4) is 0 Å². The van der Waals surface area contributed by atoms with Gasteiger partial charge in [0.15, 0.2) is 0 Å². The molecule has 0 amide bonds. The molecule has 1 saturated heterocycles. The van der Waals surface area contributed by atoms with Crippen molar-refractivity contribution in [1.82, 2.24) is 9.34 Å². The number of morpholine rings is 1. The zero-order valence-electron chi connectivity index (χ0n) is 18.0. The van der Waals surface area contributed by atoms with E-state index in [2.05, 4.69) is 36.4 Å². The largest absolute Gasteiger partial charge is 0.379 e. The van der Waals surface area contributed by atoms with Gasteiger partial charge in [-0.1, -0.05) is 91.0 Å². The summed E-state index contributed by atoms with van der Waals surface area (Å²) in [5, 5.41) is 3.30. The van der Waals surface area contributed by atoms with E-state index in [0.717, 1.165) is 15.9 Å². The zero-order valence-corrected chi connectivity index (χ0v) is 19.8. The van der Waals surface area contributed by atoms with Gasteiger partial charge in [0.05, 0.1) is 20.3 Å². The van der Waals surface area contributed by atoms with Gasteiger partial charge in [0, 0.05) is 29.0 Å². The van der Waals surface area contributed by atoms with Crippen molar-refractivity contribution in [3.63, 3.8) is 0 Å². The van der Waals surface area contributed by atoms with Crippen LogP contribution in [-0.4, -0.2) is 49.7 Å². The fraction of sp³-hybridized carbons (Fsp3) is 0.250. The maximum absolute atomic E-state index is 14.7. The molecule has 7 heteroatoms. The number of benzene rings is 3. The molecule has 162 valence electrons. The molecule has 0 radical (unpaired) electrons. The Morgan fingerprint density at radius 2 is 1.13 bits per heavy atom. The monoisotopic (exact) mass is 453 g/mol. The lowest BCUT2D eigenvalue weighted by molar-refractivity contribution is 0.0697. The number of hydrogen-bond acceptors (Lipinski definition) is 2. The van der Waals surface area contributed by atoms with Gasteiger partial charge in [0.1, 0.15) is 0 Å². The molecular formula is C24H29N3O2P2. The van der Waals surface area contributed by atoms with Gasteiger partial charge in [0.2, 0.25) is 0 Å². The average molecular weight is 453 g/mol. The Labute approximate surface area is 185 Å². The summed E-state index contributed by atoms with van der Waals surface area (Å²) in [6.07, 6.45) is 0. The molecule has 1 fully saturated rings. The van der Waals surface area contributed by atoms with Crippen LogP contribution < -0.4 is 15.9 Å². The molecule has 0 saturated carbocycles. The molecule has 1 unspecified atom stereocenters. The zero-order chi connectivity index (χ0) is 21.7. The van der Waals surface area contributed by atoms with Crippen LogP contribution in [0.5, 0.6) is 0 Å². The fourth-order valence-electron chi connectivity index (χ4n) is 3.91. The molecule has 0 bridgehead atoms. The van der Waals surface area contributed by atoms with Crippen molar-refractivity contribution in [3.8, 4) is 0 Å². The molecule has 1 aliphatic heterocycles. The molecule has 1 heterocycles. The average Bonchev–Trinajstić information content (AvgIpc) is 2.84. The minimum absolute atomic E-state index is 0.570. The molecule has 1 atom stereocenters. The van der Waals surface area contributed by atoms with E-state index < -0.39 is 14.6 Å². The molecule has 1 aliphatic rings. The van der Waals surface area contributed by atoms with Gasteiger partial charge in [-0.3, -0.25) is 4.57 Å². The van der Waals surface area contributed by atoms with Crippen LogP contribution >= 0.6 is 14.6 Å². The van der Waals surface area contributed by atoms with E-state index in [1.165, 1.54) is 0 Å². The Bertz CT molecular complexity index is 980. The Hall–Kier alpha value is -2.00. The molecule has 4 rings (SSSR count). The topological polar surface area (TPSA) is 45.1 Å². The molecule has 0 aliphatic carbocycles. The summed E-state index contributed by atoms with van der Waals surface area (Å²) < 4.78 is 29.5. The Kier molecular flexibility index (Phi) is 6.91. The molecule has 5 nitrogen and oxygen atoms in total. The Morgan fingerprint density at radius 1 is 0.742 bits per heavy atom. The maximum Gasteiger partial charge on any atom is 0.328 e. The van der Waals surface area contributed by atoms with Crippen molar-refractivity contribution in [2.45, 2.75) is 0 Å². The standard InChI is InChI=1S/C24H29N3O2P2/c1-26(2)31(28,27-18-20-29-21-19-27)25-30(22-12-6-3-7-13-22,23-14-8-4-9-15-23)24-16-10-5-11-17-24/h3-17H,18-21H2,1-2H3. The second kappa shape index (κ2) is 9.65. The molecule has 31 heavy (non-hydrogen) atoms. The quantitative estimate of drug-likeness (QED) is 0.526. The normalized spacial score (nSPS) is 17.3. The van der Waals surface area contributed by atoms with Crippen LogP contribution in [0, 0.1) is 0 Å². The van der Waals surface area contributed by atoms with Gasteiger partial charge >= 0.3 is 7.59 Å². The summed E-state index contributed by atoms with van der Waals surface area (Å²) in [6.45, 7) is 2.36. The highest BCUT2D eigenvalue weighted by Crippen LogP contribution is 2.63. The van der Waals surface area contributed by atoms with E-state index in [4.69, 9.17) is 9.25 Å². The first-order chi connectivity index (χ1) is 15.1. The maximum atomic E-state index is 14.7. The highest BCUT2D eigenvalue weighted by atomic mass is 31.2. The number of nitrogens with zero attached hydrogens (tertiary/aromatic N) is 3. The van der Waals surface area contributed by atoms with Crippen molar-refractivity contribution in [2.24, 2.45) is 4.52 Å². The SMILES string of the molecule is CN(C)P(=O)(N=P(c1ccccc1)(c1ccccc1)c1ccccc1)N1CCOCC1. The van der Waals surface area contributed by atoms with Crippen LogP contribution in [0.15, 0.2) is 95.5 Å². The van der Waals surface area contributed by atoms with Crippen LogP contribution in [0.4, 0.5) is 0 Å². The summed E-state index contributed by atoms with van der Waals surface area (Å²) in [7, 11) is -2.04. The molecular weight excluding hydrogens is 424 g/mol. The second-order valence-electron chi connectivity index (χ2n) is 7.66. The van der Waals surface area contributed by atoms with E-state index in [1.54, 1.807) is 0 Å². The minimum Gasteiger partial charge on any atom is -0.379 e. The van der Waals surface area contributed by atoms with Gasteiger partial charge in [-0.2, -0.15) is 0 Å². The Morgan fingerprint density at radius 3 is 1.48 bits per heavy atom. The Balaban J connectivity index is 2.10. The van der Waals surface area contributed by atoms with E-state index >= 15 is 0 Å². The van der Waals surface area contributed by atoms with Gasteiger partial charge in [-0.25, -0.2) is 13.9 Å². The first-order valence-electron chi connectivity index (χ1n) is 10.5. The van der Waals surface area contributed by atoms with E-state index in [-0.39, 0.29) is 0 Å². The fourth-order valence-corrected chi connectivity index (χ4v) is 11.5. The van der Waals surface area contributed by atoms with Crippen molar-refractivity contribution in [1.29, 1.82) is 0 Å². The molecule has 0 N–H and O–H groups in total. The third-order valence-corrected chi connectivity index (χ3v) is 12.8. The lowest BCUT2D eigenvalue weighted by atomic mass is 10.4. The van der Waals surface area contributed by atoms with Gasteiger partial charge in [-0.15, -0.1) is 0 Å². The van der Waals surface area contributed by atoms with Crippen LogP contribution in [-0.2, 0) is 9.30 Å². The van der Waals surface area contributed by atoms with E-state index in [1.807, 2.05) is 78.0 Å². The predicted molar refractivity (Wildman–Crippen MR) is 131 cm³/mol. The highest BCUT2D eigenvalue weighted by Gasteiger charge is 2.39. The first kappa shape index (κ1) is 22.2. The van der Waals surface area contributed by atoms with Crippen molar-refractivity contribution >= 4 is 30.6 Å². The minimum atomic E-state index is -3.22. The molecule has 0 spiro atoms. The van der Waals surface area contributed by atoms with Crippen molar-refractivity contribution in [3.05, 3.63) is 91.0 Å². The van der Waals surface area contributed by atoms with Crippen LogP contribution in [0.1, 0.15) is 0 Å². The van der Waals surface area contributed by atoms with Gasteiger partial charge in [0.25, 0.3) is 0 Å². The summed E-state index contributed by atoms with van der Waals surface area (Å²) >= 11 is 0. The van der Waals surface area contributed by atoms with Crippen molar-refractivity contribution < 1.29 is 9.30 Å². The van der Waals surface area contributed by atoms with Gasteiger partial charge in [-0.05, 0) is 14.1 Å². The second-order valence-corrected chi connectivity index (χ2v) is 13.6. The summed E-state index contributed by atoms with van der Waals surface area (Å²) in [6, 6.07) is 31.0. The third kappa shape index (κ3) is 4.35. The van der Waals surface area contributed by atoms with E-state index in [0.29, 0.717) is 26.3 Å². The predicted octanol–water partition coefficient (Wildman–Crippen LogP) is 4.17.